The molecule has 1 rings (SSSR count). The summed E-state index contributed by atoms with van der Waals surface area (Å²) in [6.45, 7) is 2.00. The molecular formula is C25H48O5. The molecule has 0 unspecified atom stereocenters. The van der Waals surface area contributed by atoms with E-state index in [4.69, 9.17) is 14.6 Å². The third-order valence-electron chi connectivity index (χ3n) is 6.04. The minimum Gasteiger partial charge on any atom is -0.493 e. The lowest BCUT2D eigenvalue weighted by Crippen LogP contribution is -2.41. The van der Waals surface area contributed by atoms with Gasteiger partial charge in [-0.1, -0.05) is 96.8 Å². The van der Waals surface area contributed by atoms with Crippen molar-refractivity contribution in [3.8, 4) is 0 Å². The first kappa shape index (κ1) is 27.4. The van der Waals surface area contributed by atoms with Gasteiger partial charge in [0.1, 0.15) is 18.3 Å². The van der Waals surface area contributed by atoms with Crippen molar-refractivity contribution >= 4 is 0 Å². The highest BCUT2D eigenvalue weighted by Gasteiger charge is 2.41. The molecule has 1 aliphatic heterocycles. The van der Waals surface area contributed by atoms with Crippen LogP contribution in [0.3, 0.4) is 0 Å². The summed E-state index contributed by atoms with van der Waals surface area (Å²) in [6.07, 6.45) is 21.9. The normalized spacial score (nSPS) is 22.7. The molecule has 1 aliphatic rings. The monoisotopic (exact) mass is 428 g/mol. The minimum atomic E-state index is -1.03. The highest BCUT2D eigenvalue weighted by Crippen LogP contribution is 2.21. The standard InChI is InChI=1S/C25H48O5/c1-2-3-4-5-6-7-8-9-10-11-12-13-14-15-16-17-18-19-29-25-23(28)21-30-24(25)22(27)20-26/h18-19,22-28H,2-17,20-21H2,1H3/b19-18+/t22-,23+,24+,25+/m0/s1. The first-order valence-corrected chi connectivity index (χ1v) is 12.6. The van der Waals surface area contributed by atoms with Gasteiger partial charge < -0.3 is 24.8 Å². The maximum Gasteiger partial charge on any atom is 0.154 e. The van der Waals surface area contributed by atoms with Gasteiger partial charge in [-0.05, 0) is 18.9 Å². The van der Waals surface area contributed by atoms with E-state index in [-0.39, 0.29) is 6.61 Å². The largest absolute Gasteiger partial charge is 0.493 e. The van der Waals surface area contributed by atoms with Crippen molar-refractivity contribution in [2.75, 3.05) is 13.2 Å². The molecule has 3 N–H and O–H groups in total. The second kappa shape index (κ2) is 19.1. The van der Waals surface area contributed by atoms with Crippen LogP contribution in [0.5, 0.6) is 0 Å². The second-order valence-corrected chi connectivity index (χ2v) is 8.83. The summed E-state index contributed by atoms with van der Waals surface area (Å²) in [6, 6.07) is 0. The van der Waals surface area contributed by atoms with Crippen LogP contribution in [-0.4, -0.2) is 52.9 Å². The smallest absolute Gasteiger partial charge is 0.154 e. The highest BCUT2D eigenvalue weighted by molar-refractivity contribution is 4.91. The summed E-state index contributed by atoms with van der Waals surface area (Å²) in [5.41, 5.74) is 0. The summed E-state index contributed by atoms with van der Waals surface area (Å²) < 4.78 is 10.8. The van der Waals surface area contributed by atoms with Crippen LogP contribution < -0.4 is 0 Å². The molecule has 0 radical (unpaired) electrons. The Hall–Kier alpha value is -0.620. The van der Waals surface area contributed by atoms with Crippen LogP contribution in [-0.2, 0) is 9.47 Å². The van der Waals surface area contributed by atoms with E-state index in [1.807, 2.05) is 6.08 Å². The Morgan fingerprint density at radius 1 is 0.867 bits per heavy atom. The number of hydrogen-bond donors (Lipinski definition) is 3. The summed E-state index contributed by atoms with van der Waals surface area (Å²) in [4.78, 5) is 0. The molecule has 178 valence electrons. The topological polar surface area (TPSA) is 79.2 Å². The maximum atomic E-state index is 9.87. The van der Waals surface area contributed by atoms with Crippen molar-refractivity contribution in [3.63, 3.8) is 0 Å². The molecular weight excluding hydrogens is 380 g/mol. The quantitative estimate of drug-likeness (QED) is 0.182. The van der Waals surface area contributed by atoms with Gasteiger partial charge in [0.15, 0.2) is 6.10 Å². The zero-order valence-corrected chi connectivity index (χ0v) is 19.4. The van der Waals surface area contributed by atoms with E-state index in [1.54, 1.807) is 6.26 Å². The van der Waals surface area contributed by atoms with Crippen LogP contribution in [0.25, 0.3) is 0 Å². The molecule has 30 heavy (non-hydrogen) atoms. The molecule has 0 aliphatic carbocycles. The third kappa shape index (κ3) is 12.9. The van der Waals surface area contributed by atoms with Crippen molar-refractivity contribution in [2.45, 2.75) is 134 Å². The SMILES string of the molecule is CCCCCCCCCCCCCCCCC/C=C/O[C@H]1[C@@H]([C@@H](O)CO)OC[C@H]1O. The van der Waals surface area contributed by atoms with Crippen molar-refractivity contribution in [1.29, 1.82) is 0 Å². The fourth-order valence-electron chi connectivity index (χ4n) is 4.07. The molecule has 0 spiro atoms. The van der Waals surface area contributed by atoms with Gasteiger partial charge in [0.05, 0.1) is 19.5 Å². The molecule has 1 heterocycles. The number of allylic oxidation sites excluding steroid dienone is 1. The molecule has 5 nitrogen and oxygen atoms in total. The van der Waals surface area contributed by atoms with Crippen LogP contribution in [0.15, 0.2) is 12.3 Å². The number of ether oxygens (including phenoxy) is 2. The molecule has 4 atom stereocenters. The number of rotatable bonds is 20. The van der Waals surface area contributed by atoms with Crippen molar-refractivity contribution in [2.24, 2.45) is 0 Å². The van der Waals surface area contributed by atoms with Gasteiger partial charge in [-0.25, -0.2) is 0 Å². The van der Waals surface area contributed by atoms with E-state index < -0.39 is 31.0 Å². The van der Waals surface area contributed by atoms with Crippen LogP contribution in [0, 0.1) is 0 Å². The first-order valence-electron chi connectivity index (χ1n) is 12.6. The Bertz CT molecular complexity index is 401. The van der Waals surface area contributed by atoms with E-state index in [2.05, 4.69) is 6.92 Å². The summed E-state index contributed by atoms with van der Waals surface area (Å²) in [7, 11) is 0. The van der Waals surface area contributed by atoms with Gasteiger partial charge in [-0.3, -0.25) is 0 Å². The maximum absolute atomic E-state index is 9.87. The lowest BCUT2D eigenvalue weighted by Gasteiger charge is -2.22. The van der Waals surface area contributed by atoms with E-state index >= 15 is 0 Å². The lowest BCUT2D eigenvalue weighted by atomic mass is 10.0. The molecule has 1 fully saturated rings. The van der Waals surface area contributed by atoms with Crippen molar-refractivity contribution in [1.82, 2.24) is 0 Å². The molecule has 0 aromatic rings. The van der Waals surface area contributed by atoms with Gasteiger partial charge in [0, 0.05) is 0 Å². The highest BCUT2D eigenvalue weighted by atomic mass is 16.6. The van der Waals surface area contributed by atoms with Crippen LogP contribution in [0.1, 0.15) is 110 Å². The minimum absolute atomic E-state index is 0.124. The summed E-state index contributed by atoms with van der Waals surface area (Å²) in [5.74, 6) is 0. The van der Waals surface area contributed by atoms with Gasteiger partial charge >= 0.3 is 0 Å². The fraction of sp³-hybridized carbons (Fsp3) is 0.920. The van der Waals surface area contributed by atoms with Crippen molar-refractivity contribution in [3.05, 3.63) is 12.3 Å². The van der Waals surface area contributed by atoms with Gasteiger partial charge in [-0.2, -0.15) is 0 Å². The molecule has 5 heteroatoms. The number of aliphatic hydroxyl groups is 3. The molecule has 0 amide bonds. The Morgan fingerprint density at radius 3 is 1.87 bits per heavy atom. The first-order chi connectivity index (χ1) is 14.7. The molecule has 0 aromatic carbocycles. The molecule has 0 saturated carbocycles. The van der Waals surface area contributed by atoms with Crippen LogP contribution in [0.2, 0.25) is 0 Å². The number of unbranched alkanes of at least 4 members (excludes halogenated alkanes) is 15. The van der Waals surface area contributed by atoms with E-state index in [0.717, 1.165) is 12.8 Å². The zero-order valence-electron chi connectivity index (χ0n) is 19.4. The molecule has 0 aromatic heterocycles. The average molecular weight is 429 g/mol. The number of hydrogen-bond acceptors (Lipinski definition) is 5. The van der Waals surface area contributed by atoms with Crippen molar-refractivity contribution < 1.29 is 24.8 Å². The average Bonchev–Trinajstić information content (AvgIpc) is 3.12. The third-order valence-corrected chi connectivity index (χ3v) is 6.04. The second-order valence-electron chi connectivity index (χ2n) is 8.83. The summed E-state index contributed by atoms with van der Waals surface area (Å²) in [5, 5.41) is 28.6. The van der Waals surface area contributed by atoms with Gasteiger partial charge in [0.2, 0.25) is 0 Å². The lowest BCUT2D eigenvalue weighted by molar-refractivity contribution is -0.0721. The van der Waals surface area contributed by atoms with Crippen LogP contribution in [0.4, 0.5) is 0 Å². The zero-order chi connectivity index (χ0) is 21.9. The Balaban J connectivity index is 1.86. The number of aliphatic hydroxyl groups excluding tert-OH is 3. The Kier molecular flexibility index (Phi) is 17.4. The predicted octanol–water partition coefficient (Wildman–Crippen LogP) is 5.26. The van der Waals surface area contributed by atoms with E-state index in [9.17, 15) is 10.2 Å². The molecule has 0 bridgehead atoms. The van der Waals surface area contributed by atoms with E-state index in [1.165, 1.54) is 89.9 Å². The predicted molar refractivity (Wildman–Crippen MR) is 122 cm³/mol. The fourth-order valence-corrected chi connectivity index (χ4v) is 4.07. The summed E-state index contributed by atoms with van der Waals surface area (Å²) >= 11 is 0. The Labute approximate surface area is 184 Å². The molecule has 1 saturated heterocycles. The van der Waals surface area contributed by atoms with E-state index in [0.29, 0.717) is 0 Å². The van der Waals surface area contributed by atoms with Gasteiger partial charge in [0.25, 0.3) is 0 Å². The van der Waals surface area contributed by atoms with Gasteiger partial charge in [-0.15, -0.1) is 0 Å². The Morgan fingerprint density at radius 2 is 1.37 bits per heavy atom. The van der Waals surface area contributed by atoms with Crippen LogP contribution >= 0.6 is 0 Å².